The highest BCUT2D eigenvalue weighted by atomic mass is 16.2. The molecule has 3 heteroatoms. The molecule has 0 radical (unpaired) electrons. The van der Waals surface area contributed by atoms with Crippen LogP contribution in [0.2, 0.25) is 0 Å². The molecule has 3 nitrogen and oxygen atoms in total. The van der Waals surface area contributed by atoms with Crippen molar-refractivity contribution in [3.8, 4) is 0 Å². The maximum Gasteiger partial charge on any atom is 0.254 e. The molecule has 0 saturated heterocycles. The van der Waals surface area contributed by atoms with Crippen LogP contribution in [0.4, 0.5) is 0 Å². The van der Waals surface area contributed by atoms with Gasteiger partial charge in [0.25, 0.3) is 5.91 Å². The summed E-state index contributed by atoms with van der Waals surface area (Å²) in [5.74, 6) is 0.0335. The van der Waals surface area contributed by atoms with E-state index in [4.69, 9.17) is 5.73 Å². The van der Waals surface area contributed by atoms with E-state index in [9.17, 15) is 4.79 Å². The molecule has 0 saturated carbocycles. The van der Waals surface area contributed by atoms with Crippen molar-refractivity contribution in [2.24, 2.45) is 5.73 Å². The quantitative estimate of drug-likeness (QED) is 0.847. The van der Waals surface area contributed by atoms with E-state index in [1.54, 1.807) is 4.90 Å². The normalized spacial score (nSPS) is 22.2. The van der Waals surface area contributed by atoms with E-state index >= 15 is 0 Å². The number of rotatable bonds is 1. The maximum absolute atomic E-state index is 12.4. The molecule has 0 bridgehead atoms. The number of carbonyl (C=O) groups is 1. The van der Waals surface area contributed by atoms with Crippen LogP contribution >= 0.6 is 0 Å². The fourth-order valence-electron chi connectivity index (χ4n) is 2.79. The van der Waals surface area contributed by atoms with E-state index < -0.39 is 0 Å². The molecule has 2 aromatic carbocycles. The summed E-state index contributed by atoms with van der Waals surface area (Å²) in [6, 6.07) is 17.2. The molecule has 1 aliphatic heterocycles. The highest BCUT2D eigenvalue weighted by molar-refractivity contribution is 5.97. The first-order valence-electron chi connectivity index (χ1n) is 6.37. The zero-order chi connectivity index (χ0) is 13.4. The maximum atomic E-state index is 12.4. The summed E-state index contributed by atoms with van der Waals surface area (Å²) >= 11 is 0. The summed E-state index contributed by atoms with van der Waals surface area (Å²) < 4.78 is 0. The standard InChI is InChI=1S/C16H16N2O/c1-18-15(11-7-3-2-4-8-11)14(17)12-9-5-6-10-13(12)16(18)19/h2-10,14-15H,17H2,1H3. The van der Waals surface area contributed by atoms with Crippen molar-refractivity contribution < 1.29 is 4.79 Å². The zero-order valence-corrected chi connectivity index (χ0v) is 10.8. The van der Waals surface area contributed by atoms with Gasteiger partial charge in [0.1, 0.15) is 0 Å². The Labute approximate surface area is 112 Å². The molecule has 1 aliphatic rings. The molecular formula is C16H16N2O. The molecule has 1 heterocycles. The monoisotopic (exact) mass is 252 g/mol. The summed E-state index contributed by atoms with van der Waals surface area (Å²) in [5.41, 5.74) is 9.09. The minimum absolute atomic E-state index is 0.0335. The van der Waals surface area contributed by atoms with Gasteiger partial charge in [-0.15, -0.1) is 0 Å². The second kappa shape index (κ2) is 4.52. The molecule has 19 heavy (non-hydrogen) atoms. The van der Waals surface area contributed by atoms with Crippen LogP contribution in [-0.2, 0) is 0 Å². The van der Waals surface area contributed by atoms with Gasteiger partial charge in [0.05, 0.1) is 12.1 Å². The number of benzene rings is 2. The number of nitrogens with zero attached hydrogens (tertiary/aromatic N) is 1. The van der Waals surface area contributed by atoms with E-state index in [-0.39, 0.29) is 18.0 Å². The predicted molar refractivity (Wildman–Crippen MR) is 74.6 cm³/mol. The predicted octanol–water partition coefficient (Wildman–Crippen LogP) is 2.51. The Morgan fingerprint density at radius 1 is 1.00 bits per heavy atom. The first-order valence-corrected chi connectivity index (χ1v) is 6.37. The Morgan fingerprint density at radius 3 is 2.37 bits per heavy atom. The summed E-state index contributed by atoms with van der Waals surface area (Å²) in [6.07, 6.45) is 0. The Morgan fingerprint density at radius 2 is 1.63 bits per heavy atom. The Hall–Kier alpha value is -2.13. The minimum atomic E-state index is -0.193. The number of hydrogen-bond acceptors (Lipinski definition) is 2. The Balaban J connectivity index is 2.12. The summed E-state index contributed by atoms with van der Waals surface area (Å²) in [5, 5.41) is 0. The number of nitrogens with two attached hydrogens (primary N) is 1. The van der Waals surface area contributed by atoms with Crippen LogP contribution < -0.4 is 5.73 Å². The number of likely N-dealkylation sites (N-methyl/N-ethyl adjacent to an activating group) is 1. The van der Waals surface area contributed by atoms with Gasteiger partial charge in [0, 0.05) is 12.6 Å². The molecule has 2 aromatic rings. The highest BCUT2D eigenvalue weighted by Crippen LogP contribution is 2.38. The van der Waals surface area contributed by atoms with Gasteiger partial charge >= 0.3 is 0 Å². The average Bonchev–Trinajstić information content (AvgIpc) is 2.46. The molecule has 0 fully saturated rings. The second-order valence-electron chi connectivity index (χ2n) is 4.88. The van der Waals surface area contributed by atoms with Crippen LogP contribution in [-0.4, -0.2) is 17.9 Å². The van der Waals surface area contributed by atoms with E-state index in [1.807, 2.05) is 61.6 Å². The lowest BCUT2D eigenvalue weighted by Gasteiger charge is -2.38. The molecular weight excluding hydrogens is 236 g/mol. The third-order valence-electron chi connectivity index (χ3n) is 3.77. The van der Waals surface area contributed by atoms with Gasteiger partial charge in [-0.25, -0.2) is 0 Å². The summed E-state index contributed by atoms with van der Waals surface area (Å²) in [7, 11) is 1.82. The lowest BCUT2D eigenvalue weighted by Crippen LogP contribution is -2.42. The van der Waals surface area contributed by atoms with Gasteiger partial charge in [0.2, 0.25) is 0 Å². The second-order valence-corrected chi connectivity index (χ2v) is 4.88. The van der Waals surface area contributed by atoms with E-state index in [0.717, 1.165) is 11.1 Å². The summed E-state index contributed by atoms with van der Waals surface area (Å²) in [4.78, 5) is 14.2. The van der Waals surface area contributed by atoms with E-state index in [0.29, 0.717) is 5.56 Å². The van der Waals surface area contributed by atoms with Crippen molar-refractivity contribution in [2.75, 3.05) is 7.05 Å². The van der Waals surface area contributed by atoms with Crippen molar-refractivity contribution in [3.05, 3.63) is 71.3 Å². The topological polar surface area (TPSA) is 46.3 Å². The minimum Gasteiger partial charge on any atom is -0.333 e. The molecule has 0 aromatic heterocycles. The lowest BCUT2D eigenvalue weighted by atomic mass is 9.86. The summed E-state index contributed by atoms with van der Waals surface area (Å²) in [6.45, 7) is 0. The largest absolute Gasteiger partial charge is 0.333 e. The fraction of sp³-hybridized carbons (Fsp3) is 0.188. The lowest BCUT2D eigenvalue weighted by molar-refractivity contribution is 0.0673. The molecule has 3 rings (SSSR count). The smallest absolute Gasteiger partial charge is 0.254 e. The van der Waals surface area contributed by atoms with Crippen LogP contribution in [0.1, 0.15) is 33.6 Å². The first kappa shape index (κ1) is 11.9. The van der Waals surface area contributed by atoms with Crippen molar-refractivity contribution in [3.63, 3.8) is 0 Å². The van der Waals surface area contributed by atoms with Gasteiger partial charge in [-0.2, -0.15) is 0 Å². The van der Waals surface area contributed by atoms with E-state index in [1.165, 1.54) is 0 Å². The van der Waals surface area contributed by atoms with Gasteiger partial charge in [-0.05, 0) is 17.2 Å². The van der Waals surface area contributed by atoms with Crippen LogP contribution in [0, 0.1) is 0 Å². The third kappa shape index (κ3) is 1.83. The van der Waals surface area contributed by atoms with Crippen LogP contribution in [0.15, 0.2) is 54.6 Å². The number of hydrogen-bond donors (Lipinski definition) is 1. The van der Waals surface area contributed by atoms with Crippen molar-refractivity contribution >= 4 is 5.91 Å². The Kier molecular flexibility index (Phi) is 2.84. The highest BCUT2D eigenvalue weighted by Gasteiger charge is 2.36. The molecule has 0 spiro atoms. The van der Waals surface area contributed by atoms with Gasteiger partial charge in [-0.1, -0.05) is 48.5 Å². The van der Waals surface area contributed by atoms with Crippen molar-refractivity contribution in [1.82, 2.24) is 4.90 Å². The fourth-order valence-corrected chi connectivity index (χ4v) is 2.79. The molecule has 1 amide bonds. The SMILES string of the molecule is CN1C(=O)c2ccccc2C(N)C1c1ccccc1. The molecule has 96 valence electrons. The number of amides is 1. The van der Waals surface area contributed by atoms with Gasteiger partial charge in [0.15, 0.2) is 0 Å². The zero-order valence-electron chi connectivity index (χ0n) is 10.8. The average molecular weight is 252 g/mol. The number of fused-ring (bicyclic) bond motifs is 1. The van der Waals surface area contributed by atoms with Crippen LogP contribution in [0.3, 0.4) is 0 Å². The van der Waals surface area contributed by atoms with Gasteiger partial charge in [-0.3, -0.25) is 4.79 Å². The number of carbonyl (C=O) groups excluding carboxylic acids is 1. The first-order chi connectivity index (χ1) is 9.20. The Bertz CT molecular complexity index is 609. The van der Waals surface area contributed by atoms with Crippen LogP contribution in [0.5, 0.6) is 0 Å². The van der Waals surface area contributed by atoms with Gasteiger partial charge < -0.3 is 10.6 Å². The molecule has 2 unspecified atom stereocenters. The molecule has 2 atom stereocenters. The molecule has 2 N–H and O–H groups in total. The van der Waals surface area contributed by atoms with Crippen molar-refractivity contribution in [1.29, 1.82) is 0 Å². The van der Waals surface area contributed by atoms with E-state index in [2.05, 4.69) is 0 Å². The van der Waals surface area contributed by atoms with Crippen LogP contribution in [0.25, 0.3) is 0 Å². The van der Waals surface area contributed by atoms with Crippen molar-refractivity contribution in [2.45, 2.75) is 12.1 Å². The third-order valence-corrected chi connectivity index (χ3v) is 3.77. The molecule has 0 aliphatic carbocycles.